The first-order valence-corrected chi connectivity index (χ1v) is 6.88. The normalized spacial score (nSPS) is 12.0. The van der Waals surface area contributed by atoms with Crippen molar-refractivity contribution in [2.75, 3.05) is 6.54 Å². The molecule has 0 amide bonds. The van der Waals surface area contributed by atoms with Crippen LogP contribution in [0.15, 0.2) is 16.8 Å². The Morgan fingerprint density at radius 1 is 1.28 bits per heavy atom. The lowest BCUT2D eigenvalue weighted by Gasteiger charge is -2.19. The van der Waals surface area contributed by atoms with Gasteiger partial charge >= 0.3 is 0 Å². The van der Waals surface area contributed by atoms with E-state index in [2.05, 4.69) is 36.1 Å². The molecule has 0 fully saturated rings. The summed E-state index contributed by atoms with van der Waals surface area (Å²) in [6.45, 7) is 9.29. The van der Waals surface area contributed by atoms with Crippen LogP contribution >= 0.6 is 11.3 Å². The number of rotatable bonds is 4. The Bertz CT molecular complexity index is 510. The second kappa shape index (κ2) is 5.20. The van der Waals surface area contributed by atoms with Crippen molar-refractivity contribution >= 4 is 11.3 Å². The highest BCUT2D eigenvalue weighted by molar-refractivity contribution is 7.14. The Balaban J connectivity index is 1.94. The molecule has 5 heteroatoms. The highest BCUT2D eigenvalue weighted by atomic mass is 32.1. The minimum absolute atomic E-state index is 0.129. The average Bonchev–Trinajstić information content (AvgIpc) is 2.85. The molecule has 0 atom stereocenters. The SMILES string of the molecule is Cc1ncc(-c2cnc(CCNC(C)(C)C)o2)s1. The summed E-state index contributed by atoms with van der Waals surface area (Å²) < 4.78 is 5.72. The zero-order chi connectivity index (χ0) is 13.2. The molecule has 2 aromatic rings. The molecular formula is C13H19N3OS. The Morgan fingerprint density at radius 3 is 2.67 bits per heavy atom. The summed E-state index contributed by atoms with van der Waals surface area (Å²) in [5.74, 6) is 1.58. The second-order valence-electron chi connectivity index (χ2n) is 5.29. The van der Waals surface area contributed by atoms with E-state index in [1.54, 1.807) is 17.5 Å². The molecule has 4 nitrogen and oxygen atoms in total. The molecule has 0 aromatic carbocycles. The van der Waals surface area contributed by atoms with E-state index in [1.807, 2.05) is 13.1 Å². The summed E-state index contributed by atoms with van der Waals surface area (Å²) in [6, 6.07) is 0. The molecule has 0 radical (unpaired) electrons. The number of aryl methyl sites for hydroxylation is 1. The molecule has 0 unspecified atom stereocenters. The fraction of sp³-hybridized carbons (Fsp3) is 0.538. The molecule has 1 N–H and O–H groups in total. The van der Waals surface area contributed by atoms with Crippen LogP contribution in [-0.4, -0.2) is 22.1 Å². The van der Waals surface area contributed by atoms with E-state index in [4.69, 9.17) is 4.42 Å². The zero-order valence-electron chi connectivity index (χ0n) is 11.3. The van der Waals surface area contributed by atoms with Gasteiger partial charge in [0.05, 0.1) is 16.1 Å². The van der Waals surface area contributed by atoms with Crippen LogP contribution in [0.1, 0.15) is 31.7 Å². The number of hydrogen-bond donors (Lipinski definition) is 1. The van der Waals surface area contributed by atoms with Gasteiger partial charge in [0.2, 0.25) is 0 Å². The van der Waals surface area contributed by atoms with Crippen molar-refractivity contribution in [3.8, 4) is 10.6 Å². The van der Waals surface area contributed by atoms with E-state index in [1.165, 1.54) is 0 Å². The van der Waals surface area contributed by atoms with Crippen molar-refractivity contribution < 1.29 is 4.42 Å². The Morgan fingerprint density at radius 2 is 2.06 bits per heavy atom. The number of nitrogens with zero attached hydrogens (tertiary/aromatic N) is 2. The van der Waals surface area contributed by atoms with Crippen molar-refractivity contribution in [3.63, 3.8) is 0 Å². The molecule has 98 valence electrons. The van der Waals surface area contributed by atoms with Gasteiger partial charge in [-0.15, -0.1) is 11.3 Å². The number of hydrogen-bond acceptors (Lipinski definition) is 5. The van der Waals surface area contributed by atoms with E-state index in [0.29, 0.717) is 0 Å². The summed E-state index contributed by atoms with van der Waals surface area (Å²) in [5.41, 5.74) is 0.129. The van der Waals surface area contributed by atoms with Gasteiger partial charge in [-0.1, -0.05) is 0 Å². The van der Waals surface area contributed by atoms with E-state index >= 15 is 0 Å². The summed E-state index contributed by atoms with van der Waals surface area (Å²) in [5, 5.41) is 4.45. The van der Waals surface area contributed by atoms with Gasteiger partial charge in [0.15, 0.2) is 11.7 Å². The van der Waals surface area contributed by atoms with Gasteiger partial charge in [0.25, 0.3) is 0 Å². The summed E-state index contributed by atoms with van der Waals surface area (Å²) in [4.78, 5) is 9.55. The van der Waals surface area contributed by atoms with Gasteiger partial charge in [-0.2, -0.15) is 0 Å². The zero-order valence-corrected chi connectivity index (χ0v) is 12.1. The van der Waals surface area contributed by atoms with Crippen molar-refractivity contribution in [2.24, 2.45) is 0 Å². The molecule has 2 heterocycles. The van der Waals surface area contributed by atoms with Gasteiger partial charge in [-0.05, 0) is 27.7 Å². The van der Waals surface area contributed by atoms with Crippen molar-refractivity contribution in [3.05, 3.63) is 23.3 Å². The Kier molecular flexibility index (Phi) is 3.82. The van der Waals surface area contributed by atoms with Crippen LogP contribution in [0.25, 0.3) is 10.6 Å². The van der Waals surface area contributed by atoms with Crippen molar-refractivity contribution in [1.82, 2.24) is 15.3 Å². The van der Waals surface area contributed by atoms with Crippen molar-refractivity contribution in [1.29, 1.82) is 0 Å². The van der Waals surface area contributed by atoms with Gasteiger partial charge in [0, 0.05) is 24.7 Å². The third kappa shape index (κ3) is 3.65. The van der Waals surface area contributed by atoms with Crippen LogP contribution in [0.4, 0.5) is 0 Å². The molecule has 18 heavy (non-hydrogen) atoms. The van der Waals surface area contributed by atoms with E-state index in [9.17, 15) is 0 Å². The smallest absolute Gasteiger partial charge is 0.196 e. The molecule has 2 aromatic heterocycles. The fourth-order valence-corrected chi connectivity index (χ4v) is 2.28. The van der Waals surface area contributed by atoms with Crippen LogP contribution in [0.2, 0.25) is 0 Å². The van der Waals surface area contributed by atoms with Gasteiger partial charge in [-0.25, -0.2) is 9.97 Å². The van der Waals surface area contributed by atoms with Gasteiger partial charge in [-0.3, -0.25) is 0 Å². The highest BCUT2D eigenvalue weighted by Gasteiger charge is 2.11. The summed E-state index contributed by atoms with van der Waals surface area (Å²) in [6.07, 6.45) is 4.41. The molecule has 0 aliphatic heterocycles. The third-order valence-corrected chi connectivity index (χ3v) is 3.34. The molecule has 0 aliphatic carbocycles. The predicted octanol–water partition coefficient (Wildman–Crippen LogP) is 3.04. The van der Waals surface area contributed by atoms with Crippen LogP contribution in [0.5, 0.6) is 0 Å². The van der Waals surface area contributed by atoms with Gasteiger partial charge < -0.3 is 9.73 Å². The standard InChI is InChI=1S/C13H19N3OS/c1-9-14-8-11(18-9)10-7-15-12(17-10)5-6-16-13(2,3)4/h7-8,16H,5-6H2,1-4H3. The van der Waals surface area contributed by atoms with Crippen LogP contribution < -0.4 is 5.32 Å². The van der Waals surface area contributed by atoms with Crippen molar-refractivity contribution in [2.45, 2.75) is 39.7 Å². The number of aromatic nitrogens is 2. The topological polar surface area (TPSA) is 51.0 Å². The molecule has 0 aliphatic rings. The number of nitrogens with one attached hydrogen (secondary N) is 1. The van der Waals surface area contributed by atoms with Crippen LogP contribution in [0, 0.1) is 6.92 Å². The first-order valence-electron chi connectivity index (χ1n) is 6.06. The molecular weight excluding hydrogens is 246 g/mol. The molecule has 0 saturated heterocycles. The van der Waals surface area contributed by atoms with E-state index in [-0.39, 0.29) is 5.54 Å². The molecule has 2 rings (SSSR count). The third-order valence-electron chi connectivity index (χ3n) is 2.41. The van der Waals surface area contributed by atoms with E-state index < -0.39 is 0 Å². The lowest BCUT2D eigenvalue weighted by atomic mass is 10.1. The number of oxazole rings is 1. The van der Waals surface area contributed by atoms with Gasteiger partial charge in [0.1, 0.15) is 0 Å². The van der Waals surface area contributed by atoms with Crippen LogP contribution in [0.3, 0.4) is 0 Å². The maximum Gasteiger partial charge on any atom is 0.196 e. The number of thiazole rings is 1. The molecule has 0 spiro atoms. The maximum absolute atomic E-state index is 5.72. The van der Waals surface area contributed by atoms with Crippen LogP contribution in [-0.2, 0) is 6.42 Å². The lowest BCUT2D eigenvalue weighted by molar-refractivity contribution is 0.412. The Hall–Kier alpha value is -1.20. The largest absolute Gasteiger partial charge is 0.440 e. The molecule has 0 bridgehead atoms. The molecule has 0 saturated carbocycles. The average molecular weight is 265 g/mol. The minimum atomic E-state index is 0.129. The first kappa shape index (κ1) is 13.2. The maximum atomic E-state index is 5.72. The monoisotopic (exact) mass is 265 g/mol. The Labute approximate surface area is 111 Å². The fourth-order valence-electron chi connectivity index (χ4n) is 1.56. The second-order valence-corrected chi connectivity index (χ2v) is 6.52. The quantitative estimate of drug-likeness (QED) is 0.923. The summed E-state index contributed by atoms with van der Waals surface area (Å²) >= 11 is 1.62. The highest BCUT2D eigenvalue weighted by Crippen LogP contribution is 2.26. The first-order chi connectivity index (χ1) is 8.44. The minimum Gasteiger partial charge on any atom is -0.440 e. The summed E-state index contributed by atoms with van der Waals surface area (Å²) in [7, 11) is 0. The lowest BCUT2D eigenvalue weighted by Crippen LogP contribution is -2.37. The predicted molar refractivity (Wildman–Crippen MR) is 73.8 cm³/mol. The van der Waals surface area contributed by atoms with E-state index in [0.717, 1.165) is 34.5 Å².